The topological polar surface area (TPSA) is 149 Å². The summed E-state index contributed by atoms with van der Waals surface area (Å²) in [7, 11) is 4.05. The molecule has 0 bridgehead atoms. The van der Waals surface area contributed by atoms with E-state index in [2.05, 4.69) is 21.5 Å². The Bertz CT molecular complexity index is 1390. The number of carbonyl (C=O) groups is 2. The number of aryl methyl sites for hydroxylation is 1. The van der Waals surface area contributed by atoms with Crippen molar-refractivity contribution in [2.75, 3.05) is 19.1 Å². The Labute approximate surface area is 200 Å². The van der Waals surface area contributed by atoms with E-state index < -0.39 is 17.9 Å². The van der Waals surface area contributed by atoms with E-state index in [1.54, 1.807) is 61.6 Å². The van der Waals surface area contributed by atoms with Gasteiger partial charge >= 0.3 is 11.9 Å². The number of methoxy groups -OCH3 is 2. The lowest BCUT2D eigenvalue weighted by molar-refractivity contribution is -0.139. The molecule has 1 aliphatic heterocycles. The second-order valence-electron chi connectivity index (χ2n) is 7.48. The average Bonchev–Trinajstić information content (AvgIpc) is 3.33. The van der Waals surface area contributed by atoms with Gasteiger partial charge in [0, 0.05) is 11.3 Å². The van der Waals surface area contributed by atoms with Crippen molar-refractivity contribution in [2.45, 2.75) is 5.92 Å². The normalized spacial score (nSPS) is 15.6. The molecule has 1 atom stereocenters. The Kier molecular flexibility index (Phi) is 6.28. The van der Waals surface area contributed by atoms with Gasteiger partial charge in [0.15, 0.2) is 0 Å². The predicted molar refractivity (Wildman–Crippen MR) is 124 cm³/mol. The minimum absolute atomic E-state index is 0.0141. The van der Waals surface area contributed by atoms with Crippen LogP contribution < -0.4 is 10.6 Å². The molecule has 4 rings (SSSR count). The van der Waals surface area contributed by atoms with Crippen LogP contribution >= 0.6 is 0 Å². The first kappa shape index (κ1) is 23.2. The molecule has 0 saturated heterocycles. The molecule has 11 heteroatoms. The molecule has 176 valence electrons. The lowest BCUT2D eigenvalue weighted by Gasteiger charge is -2.35. The van der Waals surface area contributed by atoms with E-state index in [1.807, 2.05) is 0 Å². The first-order valence-corrected chi connectivity index (χ1v) is 10.4. The summed E-state index contributed by atoms with van der Waals surface area (Å²) in [5.74, 6) is -2.14. The van der Waals surface area contributed by atoms with E-state index in [9.17, 15) is 14.9 Å². The summed E-state index contributed by atoms with van der Waals surface area (Å²) in [5, 5.41) is 22.0. The molecule has 0 aliphatic carbocycles. The molecule has 0 saturated carbocycles. The molecule has 11 nitrogen and oxygen atoms in total. The van der Waals surface area contributed by atoms with Crippen molar-refractivity contribution in [3.8, 4) is 17.5 Å². The quantitative estimate of drug-likeness (QED) is 0.546. The van der Waals surface area contributed by atoms with E-state index in [1.165, 1.54) is 23.9 Å². The number of aromatic nitrogens is 4. The first-order valence-electron chi connectivity index (χ1n) is 10.4. The number of hydrogen-bond acceptors (Lipinski definition) is 10. The molecule has 1 aromatic heterocycles. The summed E-state index contributed by atoms with van der Waals surface area (Å²) >= 11 is 0. The molecule has 1 unspecified atom stereocenters. The van der Waals surface area contributed by atoms with Gasteiger partial charge in [-0.3, -0.25) is 4.90 Å². The molecule has 0 fully saturated rings. The average molecular weight is 471 g/mol. The monoisotopic (exact) mass is 471 g/mol. The Morgan fingerprint density at radius 2 is 1.69 bits per heavy atom. The minimum atomic E-state index is -0.929. The Morgan fingerprint density at radius 1 is 1.03 bits per heavy atom. The van der Waals surface area contributed by atoms with E-state index in [-0.39, 0.29) is 22.7 Å². The number of esters is 2. The van der Waals surface area contributed by atoms with Gasteiger partial charge in [-0.2, -0.15) is 10.1 Å². The molecular weight excluding hydrogens is 450 g/mol. The molecular formula is C24H21N7O4. The zero-order valence-electron chi connectivity index (χ0n) is 19.2. The maximum atomic E-state index is 13.1. The number of hydrogen-bond donors (Lipinski definition) is 1. The summed E-state index contributed by atoms with van der Waals surface area (Å²) < 4.78 is 10.1. The van der Waals surface area contributed by atoms with Crippen LogP contribution in [0.3, 0.4) is 0 Å². The van der Waals surface area contributed by atoms with Gasteiger partial charge in [0.25, 0.3) is 0 Å². The van der Waals surface area contributed by atoms with Gasteiger partial charge in [0.2, 0.25) is 5.82 Å². The van der Waals surface area contributed by atoms with Gasteiger partial charge < -0.3 is 15.2 Å². The molecule has 2 aromatic carbocycles. The molecule has 2 N–H and O–H groups in total. The van der Waals surface area contributed by atoms with Crippen LogP contribution in [0, 0.1) is 11.3 Å². The third-order valence-corrected chi connectivity index (χ3v) is 5.50. The van der Waals surface area contributed by atoms with Crippen molar-refractivity contribution in [1.82, 2.24) is 20.2 Å². The van der Waals surface area contributed by atoms with Crippen LogP contribution in [0.1, 0.15) is 11.5 Å². The Morgan fingerprint density at radius 3 is 2.23 bits per heavy atom. The molecule has 2 heterocycles. The number of allylic oxidation sites excluding steroid dienone is 1. The summed E-state index contributed by atoms with van der Waals surface area (Å²) in [6.45, 7) is 0. The summed E-state index contributed by atoms with van der Waals surface area (Å²) in [5.41, 5.74) is 8.04. The van der Waals surface area contributed by atoms with E-state index in [4.69, 9.17) is 15.2 Å². The molecule has 0 radical (unpaired) electrons. The number of anilines is 1. The number of carbonyl (C=O) groups excluding carboxylic acids is 2. The highest BCUT2D eigenvalue weighted by Gasteiger charge is 2.42. The van der Waals surface area contributed by atoms with Crippen LogP contribution in [0.4, 0.5) is 5.69 Å². The lowest BCUT2D eigenvalue weighted by atomic mass is 9.81. The number of nitrogens with zero attached hydrogens (tertiary/aromatic N) is 6. The number of ether oxygens (including phenoxy) is 2. The van der Waals surface area contributed by atoms with Gasteiger partial charge in [0.05, 0.1) is 44.4 Å². The first-order chi connectivity index (χ1) is 16.9. The van der Waals surface area contributed by atoms with Crippen LogP contribution in [0.2, 0.25) is 0 Å². The van der Waals surface area contributed by atoms with Gasteiger partial charge in [-0.05, 0) is 35.0 Å². The smallest absolute Gasteiger partial charge is 0.355 e. The fourth-order valence-electron chi connectivity index (χ4n) is 3.94. The van der Waals surface area contributed by atoms with Crippen LogP contribution in [-0.4, -0.2) is 46.4 Å². The highest BCUT2D eigenvalue weighted by Crippen LogP contribution is 2.43. The molecule has 0 amide bonds. The van der Waals surface area contributed by atoms with E-state index in [0.29, 0.717) is 22.6 Å². The zero-order valence-corrected chi connectivity index (χ0v) is 19.2. The maximum absolute atomic E-state index is 13.1. The van der Waals surface area contributed by atoms with Gasteiger partial charge in [-0.25, -0.2) is 9.59 Å². The minimum Gasteiger partial charge on any atom is -0.466 e. The molecule has 35 heavy (non-hydrogen) atoms. The number of nitrogens with two attached hydrogens (primary N) is 1. The van der Waals surface area contributed by atoms with E-state index >= 15 is 0 Å². The van der Waals surface area contributed by atoms with Crippen molar-refractivity contribution in [2.24, 2.45) is 12.8 Å². The standard InChI is InChI=1S/C24H21N7O4/c1-30-28-22(27-29-30)15-9-11-16(12-10-15)31-20(24(33)35-3)19(23(32)34-2)18(17(13-25)21(31)26)14-7-5-4-6-8-14/h4-12,18H,26H2,1-3H3. The zero-order chi connectivity index (χ0) is 25.1. The van der Waals surface area contributed by atoms with Crippen LogP contribution in [0.25, 0.3) is 11.4 Å². The van der Waals surface area contributed by atoms with Crippen molar-refractivity contribution < 1.29 is 19.1 Å². The Hall–Kier alpha value is -4.98. The van der Waals surface area contributed by atoms with Crippen LogP contribution in [-0.2, 0) is 26.1 Å². The highest BCUT2D eigenvalue weighted by atomic mass is 16.5. The van der Waals surface area contributed by atoms with Crippen LogP contribution in [0.5, 0.6) is 0 Å². The van der Waals surface area contributed by atoms with E-state index in [0.717, 1.165) is 0 Å². The SMILES string of the molecule is COC(=O)C1=C(C(=O)OC)N(c2ccc(-c3nnn(C)n3)cc2)C(N)=C(C#N)C1c1ccccc1. The second-order valence-corrected chi connectivity index (χ2v) is 7.48. The van der Waals surface area contributed by atoms with Crippen molar-refractivity contribution in [1.29, 1.82) is 5.26 Å². The van der Waals surface area contributed by atoms with Gasteiger partial charge in [-0.1, -0.05) is 30.3 Å². The maximum Gasteiger partial charge on any atom is 0.355 e. The molecule has 3 aromatic rings. The summed E-state index contributed by atoms with van der Waals surface area (Å²) in [4.78, 5) is 28.8. The largest absolute Gasteiger partial charge is 0.466 e. The van der Waals surface area contributed by atoms with Crippen molar-refractivity contribution in [3.63, 3.8) is 0 Å². The number of nitriles is 1. The molecule has 1 aliphatic rings. The number of rotatable bonds is 5. The van der Waals surface area contributed by atoms with Gasteiger partial charge in [0.1, 0.15) is 11.5 Å². The third kappa shape index (κ3) is 4.08. The van der Waals surface area contributed by atoms with Crippen LogP contribution in [0.15, 0.2) is 77.3 Å². The fourth-order valence-corrected chi connectivity index (χ4v) is 3.94. The predicted octanol–water partition coefficient (Wildman–Crippen LogP) is 1.77. The van der Waals surface area contributed by atoms with Crippen molar-refractivity contribution >= 4 is 17.6 Å². The highest BCUT2D eigenvalue weighted by molar-refractivity contribution is 6.06. The lowest BCUT2D eigenvalue weighted by Crippen LogP contribution is -2.40. The third-order valence-electron chi connectivity index (χ3n) is 5.50. The fraction of sp³-hybridized carbons (Fsp3) is 0.167. The summed E-state index contributed by atoms with van der Waals surface area (Å²) in [6.07, 6.45) is 0. The second kappa shape index (κ2) is 9.48. The van der Waals surface area contributed by atoms with Gasteiger partial charge in [-0.15, -0.1) is 10.2 Å². The van der Waals surface area contributed by atoms with Crippen molar-refractivity contribution in [3.05, 3.63) is 82.8 Å². The summed E-state index contributed by atoms with van der Waals surface area (Å²) in [6, 6.07) is 17.7. The number of benzene rings is 2. The molecule has 0 spiro atoms. The number of tetrazole rings is 1. The Balaban J connectivity index is 1.95.